The smallest absolute Gasteiger partial charge is 0.248 e. The first kappa shape index (κ1) is 19.3. The Hall–Kier alpha value is -3.99. The predicted molar refractivity (Wildman–Crippen MR) is 118 cm³/mol. The Kier molecular flexibility index (Phi) is 5.52. The van der Waals surface area contributed by atoms with Crippen LogP contribution in [0.2, 0.25) is 0 Å². The highest BCUT2D eigenvalue weighted by molar-refractivity contribution is 6.02. The molecule has 0 aliphatic rings. The number of rotatable bonds is 5. The second kappa shape index (κ2) is 8.57. The highest BCUT2D eigenvalue weighted by atomic mass is 19.1. The van der Waals surface area contributed by atoms with Gasteiger partial charge in [-0.2, -0.15) is 5.10 Å². The van der Waals surface area contributed by atoms with Crippen molar-refractivity contribution in [1.29, 1.82) is 0 Å². The molecule has 5 heteroatoms. The molecule has 0 radical (unpaired) electrons. The summed E-state index contributed by atoms with van der Waals surface area (Å²) >= 11 is 0. The van der Waals surface area contributed by atoms with Crippen molar-refractivity contribution >= 4 is 17.7 Å². The number of aromatic nitrogens is 2. The number of nitrogens with one attached hydrogen (secondary N) is 1. The number of para-hydroxylation sites is 1. The van der Waals surface area contributed by atoms with Crippen LogP contribution in [0.15, 0.2) is 91.1 Å². The fourth-order valence-corrected chi connectivity index (χ4v) is 3.13. The van der Waals surface area contributed by atoms with Crippen LogP contribution in [-0.4, -0.2) is 15.7 Å². The van der Waals surface area contributed by atoms with E-state index in [-0.39, 0.29) is 11.7 Å². The second-order valence-electron chi connectivity index (χ2n) is 6.91. The molecule has 30 heavy (non-hydrogen) atoms. The van der Waals surface area contributed by atoms with Crippen molar-refractivity contribution in [3.8, 4) is 16.9 Å². The molecule has 0 saturated carbocycles. The third kappa shape index (κ3) is 4.52. The van der Waals surface area contributed by atoms with E-state index in [9.17, 15) is 9.18 Å². The standard InChI is InChI=1S/C25H20FN3O/c1-18-6-5-7-22(16-18)27-24(30)15-12-20-17-29(23-8-3-2-4-9-23)28-25(20)19-10-13-21(26)14-11-19/h2-17H,1H3,(H,27,30)/b15-12+. The van der Waals surface area contributed by atoms with E-state index in [1.54, 1.807) is 22.9 Å². The number of nitrogens with zero attached hydrogens (tertiary/aromatic N) is 2. The summed E-state index contributed by atoms with van der Waals surface area (Å²) in [4.78, 5) is 12.4. The molecular formula is C25H20FN3O. The molecule has 4 nitrogen and oxygen atoms in total. The zero-order chi connectivity index (χ0) is 20.9. The van der Waals surface area contributed by atoms with Crippen LogP contribution in [0, 0.1) is 12.7 Å². The molecule has 4 rings (SSSR count). The molecule has 0 bridgehead atoms. The van der Waals surface area contributed by atoms with Crippen LogP contribution < -0.4 is 5.32 Å². The molecule has 1 N–H and O–H groups in total. The summed E-state index contributed by atoms with van der Waals surface area (Å²) in [6.45, 7) is 1.97. The van der Waals surface area contributed by atoms with Gasteiger partial charge in [0, 0.05) is 29.1 Å². The summed E-state index contributed by atoms with van der Waals surface area (Å²) in [6, 6.07) is 23.4. The van der Waals surface area contributed by atoms with Gasteiger partial charge in [0.2, 0.25) is 5.91 Å². The fraction of sp³-hybridized carbons (Fsp3) is 0.0400. The number of amides is 1. The molecule has 0 spiro atoms. The van der Waals surface area contributed by atoms with Gasteiger partial charge >= 0.3 is 0 Å². The normalized spacial score (nSPS) is 11.0. The summed E-state index contributed by atoms with van der Waals surface area (Å²) in [5.41, 5.74) is 4.89. The van der Waals surface area contributed by atoms with Crippen LogP contribution in [0.5, 0.6) is 0 Å². The van der Waals surface area contributed by atoms with Gasteiger partial charge in [0.15, 0.2) is 0 Å². The topological polar surface area (TPSA) is 46.9 Å². The third-order valence-corrected chi connectivity index (χ3v) is 4.58. The van der Waals surface area contributed by atoms with Crippen molar-refractivity contribution in [2.45, 2.75) is 6.92 Å². The van der Waals surface area contributed by atoms with Crippen LogP contribution in [-0.2, 0) is 4.79 Å². The number of hydrogen-bond donors (Lipinski definition) is 1. The number of halogens is 1. The molecule has 0 aliphatic heterocycles. The summed E-state index contributed by atoms with van der Waals surface area (Å²) in [5.74, 6) is -0.547. The average Bonchev–Trinajstić information content (AvgIpc) is 3.18. The lowest BCUT2D eigenvalue weighted by atomic mass is 10.1. The van der Waals surface area contributed by atoms with E-state index in [0.29, 0.717) is 5.69 Å². The molecule has 1 aromatic heterocycles. The highest BCUT2D eigenvalue weighted by Crippen LogP contribution is 2.25. The first-order valence-electron chi connectivity index (χ1n) is 9.55. The Labute approximate surface area is 174 Å². The van der Waals surface area contributed by atoms with Gasteiger partial charge in [-0.3, -0.25) is 4.79 Å². The quantitative estimate of drug-likeness (QED) is 0.443. The van der Waals surface area contributed by atoms with Crippen molar-refractivity contribution < 1.29 is 9.18 Å². The largest absolute Gasteiger partial charge is 0.323 e. The van der Waals surface area contributed by atoms with Crippen molar-refractivity contribution in [2.75, 3.05) is 5.32 Å². The van der Waals surface area contributed by atoms with Gasteiger partial charge in [-0.25, -0.2) is 9.07 Å². The Balaban J connectivity index is 1.65. The molecular weight excluding hydrogens is 377 g/mol. The molecule has 148 valence electrons. The Bertz CT molecular complexity index is 1190. The van der Waals surface area contributed by atoms with E-state index in [4.69, 9.17) is 0 Å². The number of anilines is 1. The van der Waals surface area contributed by atoms with Gasteiger partial charge in [0.05, 0.1) is 11.4 Å². The lowest BCUT2D eigenvalue weighted by Gasteiger charge is -2.03. The lowest BCUT2D eigenvalue weighted by molar-refractivity contribution is -0.111. The SMILES string of the molecule is Cc1cccc(NC(=O)/C=C/c2cn(-c3ccccc3)nc2-c2ccc(F)cc2)c1. The molecule has 0 saturated heterocycles. The van der Waals surface area contributed by atoms with Crippen molar-refractivity contribution in [2.24, 2.45) is 0 Å². The van der Waals surface area contributed by atoms with Crippen molar-refractivity contribution in [3.05, 3.63) is 108 Å². The van der Waals surface area contributed by atoms with Crippen LogP contribution in [0.3, 0.4) is 0 Å². The van der Waals surface area contributed by atoms with Crippen molar-refractivity contribution in [1.82, 2.24) is 9.78 Å². The Morgan fingerprint density at radius 1 is 1.00 bits per heavy atom. The Morgan fingerprint density at radius 2 is 1.77 bits per heavy atom. The van der Waals surface area contributed by atoms with E-state index in [0.717, 1.165) is 28.1 Å². The lowest BCUT2D eigenvalue weighted by Crippen LogP contribution is -2.07. The zero-order valence-corrected chi connectivity index (χ0v) is 16.4. The molecule has 3 aromatic carbocycles. The van der Waals surface area contributed by atoms with E-state index in [2.05, 4.69) is 10.4 Å². The van der Waals surface area contributed by atoms with Gasteiger partial charge in [-0.15, -0.1) is 0 Å². The number of carbonyl (C=O) groups is 1. The minimum atomic E-state index is -0.309. The minimum absolute atomic E-state index is 0.238. The molecule has 1 heterocycles. The van der Waals surface area contributed by atoms with E-state index in [1.807, 2.05) is 67.7 Å². The van der Waals surface area contributed by atoms with E-state index in [1.165, 1.54) is 18.2 Å². The fourth-order valence-electron chi connectivity index (χ4n) is 3.13. The predicted octanol–water partition coefficient (Wildman–Crippen LogP) is 5.64. The highest BCUT2D eigenvalue weighted by Gasteiger charge is 2.11. The summed E-state index contributed by atoms with van der Waals surface area (Å²) in [7, 11) is 0. The first-order valence-corrected chi connectivity index (χ1v) is 9.55. The minimum Gasteiger partial charge on any atom is -0.323 e. The first-order chi connectivity index (χ1) is 14.6. The zero-order valence-electron chi connectivity index (χ0n) is 16.4. The number of carbonyl (C=O) groups excluding carboxylic acids is 1. The van der Waals surface area contributed by atoms with Gasteiger partial charge in [-0.1, -0.05) is 30.3 Å². The van der Waals surface area contributed by atoms with E-state index < -0.39 is 0 Å². The van der Waals surface area contributed by atoms with E-state index >= 15 is 0 Å². The maximum absolute atomic E-state index is 13.4. The summed E-state index contributed by atoms with van der Waals surface area (Å²) < 4.78 is 15.1. The summed E-state index contributed by atoms with van der Waals surface area (Å²) in [6.07, 6.45) is 5.04. The second-order valence-corrected chi connectivity index (χ2v) is 6.91. The molecule has 4 aromatic rings. The third-order valence-electron chi connectivity index (χ3n) is 4.58. The van der Waals surface area contributed by atoms with Crippen LogP contribution in [0.1, 0.15) is 11.1 Å². The average molecular weight is 397 g/mol. The van der Waals surface area contributed by atoms with Crippen LogP contribution >= 0.6 is 0 Å². The summed E-state index contributed by atoms with van der Waals surface area (Å²) in [5, 5.41) is 7.52. The van der Waals surface area contributed by atoms with Gasteiger partial charge in [0.25, 0.3) is 0 Å². The number of aryl methyl sites for hydroxylation is 1. The Morgan fingerprint density at radius 3 is 2.50 bits per heavy atom. The molecule has 0 atom stereocenters. The van der Waals surface area contributed by atoms with Gasteiger partial charge in [0.1, 0.15) is 5.82 Å². The maximum atomic E-state index is 13.4. The van der Waals surface area contributed by atoms with Crippen LogP contribution in [0.25, 0.3) is 23.0 Å². The van der Waals surface area contributed by atoms with Crippen LogP contribution in [0.4, 0.5) is 10.1 Å². The van der Waals surface area contributed by atoms with Gasteiger partial charge in [-0.05, 0) is 67.1 Å². The van der Waals surface area contributed by atoms with Crippen molar-refractivity contribution in [3.63, 3.8) is 0 Å². The molecule has 1 amide bonds. The number of benzene rings is 3. The monoisotopic (exact) mass is 397 g/mol. The van der Waals surface area contributed by atoms with Gasteiger partial charge < -0.3 is 5.32 Å². The molecule has 0 aliphatic carbocycles. The maximum Gasteiger partial charge on any atom is 0.248 e. The molecule has 0 fully saturated rings. The number of hydrogen-bond acceptors (Lipinski definition) is 2. The molecule has 0 unspecified atom stereocenters.